The van der Waals surface area contributed by atoms with E-state index in [-0.39, 0.29) is 0 Å². The Hall–Kier alpha value is -2.21. The maximum absolute atomic E-state index is 12.8. The molecule has 2 heterocycles. The van der Waals surface area contributed by atoms with Gasteiger partial charge >= 0.3 is 6.18 Å². The second-order valence-electron chi connectivity index (χ2n) is 8.72. The van der Waals surface area contributed by atoms with Gasteiger partial charge in [0.25, 0.3) is 0 Å². The molecule has 2 saturated heterocycles. The number of hydrogen-bond donors (Lipinski definition) is 1. The van der Waals surface area contributed by atoms with Crippen molar-refractivity contribution in [2.45, 2.75) is 38.3 Å². The molecule has 162 valence electrons. The first kappa shape index (κ1) is 21.0. The Morgan fingerprint density at radius 1 is 0.733 bits per heavy atom. The predicted molar refractivity (Wildman–Crippen MR) is 116 cm³/mol. The van der Waals surface area contributed by atoms with Gasteiger partial charge in [0.05, 0.1) is 5.56 Å². The molecule has 0 saturated carbocycles. The Morgan fingerprint density at radius 2 is 1.17 bits per heavy atom. The first-order chi connectivity index (χ1) is 14.4. The van der Waals surface area contributed by atoms with Crippen molar-refractivity contribution in [1.82, 2.24) is 0 Å². The van der Waals surface area contributed by atoms with Gasteiger partial charge in [0.1, 0.15) is 0 Å². The highest BCUT2D eigenvalue weighted by Crippen LogP contribution is 2.43. The molecule has 6 heteroatoms. The van der Waals surface area contributed by atoms with Crippen molar-refractivity contribution in [1.29, 1.82) is 0 Å². The van der Waals surface area contributed by atoms with Gasteiger partial charge in [-0.3, -0.25) is 0 Å². The molecule has 2 aliphatic heterocycles. The third-order valence-corrected chi connectivity index (χ3v) is 6.94. The summed E-state index contributed by atoms with van der Waals surface area (Å²) in [6.45, 7) is 4.64. The Labute approximate surface area is 176 Å². The summed E-state index contributed by atoms with van der Waals surface area (Å²) < 4.78 is 38.4. The Balaban J connectivity index is 1.31. The Kier molecular flexibility index (Phi) is 5.96. The molecular weight excluding hydrogens is 387 g/mol. The molecule has 0 aromatic heterocycles. The van der Waals surface area contributed by atoms with Crippen LogP contribution < -0.4 is 15.5 Å². The first-order valence-electron chi connectivity index (χ1n) is 10.8. The van der Waals surface area contributed by atoms with Crippen molar-refractivity contribution in [3.63, 3.8) is 0 Å². The summed E-state index contributed by atoms with van der Waals surface area (Å²) in [7, 11) is 0. The molecule has 4 rings (SSSR count). The lowest BCUT2D eigenvalue weighted by Gasteiger charge is -2.48. The zero-order chi connectivity index (χ0) is 21.2. The van der Waals surface area contributed by atoms with E-state index in [1.807, 2.05) is 0 Å². The van der Waals surface area contributed by atoms with Crippen molar-refractivity contribution in [3.05, 3.63) is 59.7 Å². The number of hydrogen-bond acceptors (Lipinski definition) is 3. The molecule has 30 heavy (non-hydrogen) atoms. The molecule has 2 N–H and O–H groups in total. The number of halogens is 3. The molecule has 0 atom stereocenters. The lowest BCUT2D eigenvalue weighted by atomic mass is 9.71. The molecule has 2 aromatic carbocycles. The molecule has 3 nitrogen and oxygen atoms in total. The Bertz CT molecular complexity index is 812. The van der Waals surface area contributed by atoms with Gasteiger partial charge in [0.2, 0.25) is 0 Å². The van der Waals surface area contributed by atoms with Gasteiger partial charge in [-0.2, -0.15) is 13.2 Å². The average molecular weight is 418 g/mol. The number of anilines is 2. The maximum atomic E-state index is 12.8. The molecule has 0 aliphatic carbocycles. The fourth-order valence-corrected chi connectivity index (χ4v) is 4.88. The third kappa shape index (κ3) is 4.59. The van der Waals surface area contributed by atoms with Crippen molar-refractivity contribution < 1.29 is 13.2 Å². The van der Waals surface area contributed by atoms with E-state index in [0.29, 0.717) is 12.0 Å². The molecule has 2 aromatic rings. The highest BCUT2D eigenvalue weighted by Gasteiger charge is 2.38. The molecule has 2 aliphatic rings. The van der Waals surface area contributed by atoms with E-state index in [9.17, 15) is 13.2 Å². The minimum absolute atomic E-state index is 0.373. The van der Waals surface area contributed by atoms with Crippen LogP contribution in [0.4, 0.5) is 24.5 Å². The molecule has 0 bridgehead atoms. The van der Waals surface area contributed by atoms with Gasteiger partial charge in [-0.15, -0.1) is 0 Å². The van der Waals surface area contributed by atoms with Crippen LogP contribution >= 0.6 is 0 Å². The number of alkyl halides is 3. The van der Waals surface area contributed by atoms with Crippen LogP contribution in [0, 0.1) is 5.41 Å². The lowest BCUT2D eigenvalue weighted by molar-refractivity contribution is -0.137. The zero-order valence-electron chi connectivity index (χ0n) is 17.3. The first-order valence-corrected chi connectivity index (χ1v) is 10.8. The summed E-state index contributed by atoms with van der Waals surface area (Å²) in [4.78, 5) is 4.70. The minimum atomic E-state index is -4.27. The lowest BCUT2D eigenvalue weighted by Crippen LogP contribution is -2.47. The average Bonchev–Trinajstić information content (AvgIpc) is 2.75. The van der Waals surface area contributed by atoms with E-state index in [1.54, 1.807) is 12.1 Å². The van der Waals surface area contributed by atoms with E-state index >= 15 is 0 Å². The van der Waals surface area contributed by atoms with Gasteiger partial charge in [0.15, 0.2) is 0 Å². The van der Waals surface area contributed by atoms with Crippen LogP contribution in [0.15, 0.2) is 48.5 Å². The minimum Gasteiger partial charge on any atom is -0.371 e. The van der Waals surface area contributed by atoms with Gasteiger partial charge in [-0.25, -0.2) is 0 Å². The molecular formula is C24H30F3N3. The number of rotatable bonds is 4. The quantitative estimate of drug-likeness (QED) is 0.752. The fraction of sp³-hybridized carbons (Fsp3) is 0.500. The van der Waals surface area contributed by atoms with Gasteiger partial charge < -0.3 is 15.5 Å². The van der Waals surface area contributed by atoms with Crippen molar-refractivity contribution >= 4 is 11.4 Å². The van der Waals surface area contributed by atoms with Crippen LogP contribution in [0.3, 0.4) is 0 Å². The van der Waals surface area contributed by atoms with E-state index in [1.165, 1.54) is 36.2 Å². The van der Waals surface area contributed by atoms with Crippen LogP contribution in [0.25, 0.3) is 0 Å². The summed E-state index contributed by atoms with van der Waals surface area (Å²) in [6, 6.07) is 14.4. The normalized spacial score (nSPS) is 19.3. The van der Waals surface area contributed by atoms with E-state index in [4.69, 9.17) is 5.73 Å². The summed E-state index contributed by atoms with van der Waals surface area (Å²) in [5.74, 6) is 0. The van der Waals surface area contributed by atoms with Crippen LogP contribution in [-0.2, 0) is 12.6 Å². The van der Waals surface area contributed by atoms with Crippen LogP contribution in [0.5, 0.6) is 0 Å². The molecule has 0 amide bonds. The Morgan fingerprint density at radius 3 is 1.57 bits per heavy atom. The number of nitrogens with zero attached hydrogens (tertiary/aromatic N) is 2. The molecule has 2 fully saturated rings. The molecule has 1 spiro atoms. The number of nitrogens with two attached hydrogens (primary N) is 1. The number of benzene rings is 2. The SMILES string of the molecule is NCCc1ccc(N2CCC3(CC2)CCN(c2ccc(C(F)(F)F)cc2)CC3)cc1. The monoisotopic (exact) mass is 417 g/mol. The molecule has 0 radical (unpaired) electrons. The highest BCUT2D eigenvalue weighted by atomic mass is 19.4. The van der Waals surface area contributed by atoms with Crippen molar-refractivity contribution in [2.24, 2.45) is 11.1 Å². The highest BCUT2D eigenvalue weighted by molar-refractivity contribution is 5.50. The van der Waals surface area contributed by atoms with Gasteiger partial charge in [0, 0.05) is 37.6 Å². The molecule has 0 unspecified atom stereocenters. The largest absolute Gasteiger partial charge is 0.416 e. The summed E-state index contributed by atoms with van der Waals surface area (Å²) >= 11 is 0. The third-order valence-electron chi connectivity index (χ3n) is 6.94. The van der Waals surface area contributed by atoms with Gasteiger partial charge in [-0.05, 0) is 86.0 Å². The number of piperidine rings is 2. The van der Waals surface area contributed by atoms with Crippen molar-refractivity contribution in [2.75, 3.05) is 42.5 Å². The maximum Gasteiger partial charge on any atom is 0.416 e. The van der Waals surface area contributed by atoms with E-state index < -0.39 is 11.7 Å². The van der Waals surface area contributed by atoms with Crippen LogP contribution in [-0.4, -0.2) is 32.7 Å². The second-order valence-corrected chi connectivity index (χ2v) is 8.72. The van der Waals surface area contributed by atoms with Crippen molar-refractivity contribution in [3.8, 4) is 0 Å². The van der Waals surface area contributed by atoms with E-state index in [2.05, 4.69) is 34.1 Å². The van der Waals surface area contributed by atoms with Gasteiger partial charge in [-0.1, -0.05) is 12.1 Å². The summed E-state index contributed by atoms with van der Waals surface area (Å²) in [6.07, 6.45) is 1.22. The summed E-state index contributed by atoms with van der Waals surface area (Å²) in [5, 5.41) is 0. The van der Waals surface area contributed by atoms with E-state index in [0.717, 1.165) is 51.1 Å². The predicted octanol–water partition coefficient (Wildman–Crippen LogP) is 5.09. The topological polar surface area (TPSA) is 32.5 Å². The van der Waals surface area contributed by atoms with Crippen LogP contribution in [0.1, 0.15) is 36.8 Å². The zero-order valence-corrected chi connectivity index (χ0v) is 17.3. The second kappa shape index (κ2) is 8.50. The smallest absolute Gasteiger partial charge is 0.371 e. The summed E-state index contributed by atoms with van der Waals surface area (Å²) in [5.41, 5.74) is 8.89. The standard InChI is InChI=1S/C24H30F3N3/c25-24(26,27)20-3-7-22(8-4-20)30-17-12-23(13-18-30)10-15-29(16-11-23)21-5-1-19(2-6-21)9-14-28/h1-8H,9-18,28H2. The van der Waals surface area contributed by atoms with Crippen LogP contribution in [0.2, 0.25) is 0 Å². The fourth-order valence-electron chi connectivity index (χ4n) is 4.88.